The van der Waals surface area contributed by atoms with Crippen molar-refractivity contribution in [2.24, 2.45) is 5.73 Å². The topological polar surface area (TPSA) is 38.9 Å². The molecule has 0 aliphatic rings. The number of benzene rings is 1. The third-order valence-electron chi connectivity index (χ3n) is 1.62. The van der Waals surface area contributed by atoms with E-state index in [0.29, 0.717) is 6.54 Å². The van der Waals surface area contributed by atoms with E-state index in [9.17, 15) is 0 Å². The summed E-state index contributed by atoms with van der Waals surface area (Å²) in [6.07, 6.45) is 0. The molecule has 0 atom stereocenters. The molecule has 0 saturated carbocycles. The van der Waals surface area contributed by atoms with E-state index in [-0.39, 0.29) is 0 Å². The summed E-state index contributed by atoms with van der Waals surface area (Å²) in [5, 5.41) is 0.964. The van der Waals surface area contributed by atoms with E-state index in [1.54, 1.807) is 11.3 Å². The van der Waals surface area contributed by atoms with Gasteiger partial charge in [-0.15, -0.1) is 24.0 Å². The third kappa shape index (κ3) is 1.22. The first-order valence-electron chi connectivity index (χ1n) is 3.58. The third-order valence-corrected chi connectivity index (χ3v) is 3.02. The second-order valence-electron chi connectivity index (χ2n) is 2.44. The van der Waals surface area contributed by atoms with Crippen molar-refractivity contribution >= 4 is 34.2 Å². The molecule has 0 aliphatic heterocycles. The largest absolute Gasteiger partial charge is 0.325 e. The molecule has 0 spiro atoms. The van der Waals surface area contributed by atoms with Crippen LogP contribution in [0, 0.1) is 0 Å². The lowest BCUT2D eigenvalue weighted by Gasteiger charge is -1.89. The number of aromatic nitrogens is 1. The molecule has 0 fully saturated rings. The number of hydrogen-bond acceptors (Lipinski definition) is 4. The Balaban J connectivity index is 2.74. The van der Waals surface area contributed by atoms with Crippen LogP contribution in [0.4, 0.5) is 0 Å². The molecular weight excluding hydrogens is 188 g/mol. The highest BCUT2D eigenvalue weighted by atomic mass is 32.1. The number of para-hydroxylation sites is 1. The molecule has 0 radical (unpaired) electrons. The van der Waals surface area contributed by atoms with E-state index in [4.69, 9.17) is 5.73 Å². The first-order valence-corrected chi connectivity index (χ1v) is 4.85. The molecule has 4 heteroatoms. The molecular formula is C8H8N2S2. The van der Waals surface area contributed by atoms with Crippen molar-refractivity contribution in [1.82, 2.24) is 4.98 Å². The fourth-order valence-corrected chi connectivity index (χ4v) is 2.27. The Labute approximate surface area is 79.8 Å². The fourth-order valence-electron chi connectivity index (χ4n) is 1.07. The molecule has 1 aromatic heterocycles. The van der Waals surface area contributed by atoms with Crippen molar-refractivity contribution in [3.63, 3.8) is 0 Å². The molecule has 1 heterocycles. The Morgan fingerprint density at radius 1 is 1.50 bits per heavy atom. The number of hydrogen-bond donors (Lipinski definition) is 2. The fraction of sp³-hybridized carbons (Fsp3) is 0.125. The SMILES string of the molecule is NCc1nc2c(S)cccc2s1. The predicted molar refractivity (Wildman–Crippen MR) is 54.8 cm³/mol. The van der Waals surface area contributed by atoms with Crippen molar-refractivity contribution < 1.29 is 0 Å². The van der Waals surface area contributed by atoms with Crippen LogP contribution in [-0.2, 0) is 6.54 Å². The van der Waals surface area contributed by atoms with Gasteiger partial charge < -0.3 is 5.73 Å². The van der Waals surface area contributed by atoms with E-state index in [2.05, 4.69) is 17.6 Å². The molecule has 0 amide bonds. The normalized spacial score (nSPS) is 10.8. The van der Waals surface area contributed by atoms with Crippen LogP contribution < -0.4 is 5.73 Å². The highest BCUT2D eigenvalue weighted by molar-refractivity contribution is 7.80. The van der Waals surface area contributed by atoms with Crippen molar-refractivity contribution in [3.05, 3.63) is 23.2 Å². The Hall–Kier alpha value is -0.580. The van der Waals surface area contributed by atoms with Crippen LogP contribution in [-0.4, -0.2) is 4.98 Å². The van der Waals surface area contributed by atoms with E-state index in [1.807, 2.05) is 18.2 Å². The molecule has 0 unspecified atom stereocenters. The van der Waals surface area contributed by atoms with Gasteiger partial charge in [0.2, 0.25) is 0 Å². The number of nitrogens with two attached hydrogens (primary N) is 1. The lowest BCUT2D eigenvalue weighted by atomic mass is 10.3. The van der Waals surface area contributed by atoms with Gasteiger partial charge in [0.1, 0.15) is 5.01 Å². The van der Waals surface area contributed by atoms with Gasteiger partial charge in [-0.3, -0.25) is 0 Å². The molecule has 2 rings (SSSR count). The highest BCUT2D eigenvalue weighted by Crippen LogP contribution is 2.26. The first kappa shape index (κ1) is 8.04. The molecule has 0 saturated heterocycles. The quantitative estimate of drug-likeness (QED) is 0.685. The van der Waals surface area contributed by atoms with E-state index in [0.717, 1.165) is 20.1 Å². The van der Waals surface area contributed by atoms with Crippen LogP contribution in [0.1, 0.15) is 5.01 Å². The number of nitrogens with zero attached hydrogens (tertiary/aromatic N) is 1. The van der Waals surface area contributed by atoms with Crippen LogP contribution >= 0.6 is 24.0 Å². The Morgan fingerprint density at radius 2 is 2.33 bits per heavy atom. The number of rotatable bonds is 1. The van der Waals surface area contributed by atoms with E-state index >= 15 is 0 Å². The molecule has 1 aromatic carbocycles. The van der Waals surface area contributed by atoms with Gasteiger partial charge in [-0.2, -0.15) is 0 Å². The number of thiazole rings is 1. The van der Waals surface area contributed by atoms with Crippen LogP contribution in [0.5, 0.6) is 0 Å². The summed E-state index contributed by atoms with van der Waals surface area (Å²) in [5.74, 6) is 0. The molecule has 0 bridgehead atoms. The van der Waals surface area contributed by atoms with Gasteiger partial charge in [0, 0.05) is 11.4 Å². The second kappa shape index (κ2) is 3.05. The summed E-state index contributed by atoms with van der Waals surface area (Å²) < 4.78 is 1.16. The van der Waals surface area contributed by atoms with Crippen molar-refractivity contribution in [3.8, 4) is 0 Å². The van der Waals surface area contributed by atoms with Crippen molar-refractivity contribution in [2.75, 3.05) is 0 Å². The zero-order chi connectivity index (χ0) is 8.55. The summed E-state index contributed by atoms with van der Waals surface area (Å²) in [5.41, 5.74) is 6.45. The number of fused-ring (bicyclic) bond motifs is 1. The molecule has 62 valence electrons. The maximum Gasteiger partial charge on any atom is 0.107 e. The van der Waals surface area contributed by atoms with Crippen LogP contribution in [0.25, 0.3) is 10.2 Å². The van der Waals surface area contributed by atoms with Gasteiger partial charge in [-0.25, -0.2) is 4.98 Å². The standard InChI is InChI=1S/C8H8N2S2/c9-4-7-10-8-5(11)2-1-3-6(8)12-7/h1-3,11H,4,9H2. The summed E-state index contributed by atoms with van der Waals surface area (Å²) in [6, 6.07) is 5.94. The number of thiol groups is 1. The summed E-state index contributed by atoms with van der Waals surface area (Å²) in [6.45, 7) is 0.507. The molecule has 2 aromatic rings. The van der Waals surface area contributed by atoms with E-state index in [1.165, 1.54) is 0 Å². The minimum atomic E-state index is 0.507. The molecule has 2 nitrogen and oxygen atoms in total. The van der Waals surface area contributed by atoms with Gasteiger partial charge in [0.15, 0.2) is 0 Å². The average Bonchev–Trinajstić information content (AvgIpc) is 2.49. The average molecular weight is 196 g/mol. The van der Waals surface area contributed by atoms with Gasteiger partial charge in [-0.1, -0.05) is 6.07 Å². The lowest BCUT2D eigenvalue weighted by Crippen LogP contribution is -1.93. The monoisotopic (exact) mass is 196 g/mol. The summed E-state index contributed by atoms with van der Waals surface area (Å²) >= 11 is 5.93. The van der Waals surface area contributed by atoms with Gasteiger partial charge >= 0.3 is 0 Å². The Kier molecular flexibility index (Phi) is 2.04. The van der Waals surface area contributed by atoms with Crippen LogP contribution in [0.15, 0.2) is 23.1 Å². The zero-order valence-corrected chi connectivity index (χ0v) is 8.03. The van der Waals surface area contributed by atoms with Crippen molar-refractivity contribution in [2.45, 2.75) is 11.4 Å². The minimum absolute atomic E-state index is 0.507. The van der Waals surface area contributed by atoms with Crippen LogP contribution in [0.3, 0.4) is 0 Å². The smallest absolute Gasteiger partial charge is 0.107 e. The van der Waals surface area contributed by atoms with Crippen molar-refractivity contribution in [1.29, 1.82) is 0 Å². The highest BCUT2D eigenvalue weighted by Gasteiger charge is 2.03. The summed E-state index contributed by atoms with van der Waals surface area (Å²) in [4.78, 5) is 5.27. The molecule has 2 N–H and O–H groups in total. The van der Waals surface area contributed by atoms with Crippen LogP contribution in [0.2, 0.25) is 0 Å². The molecule has 12 heavy (non-hydrogen) atoms. The van der Waals surface area contributed by atoms with Gasteiger partial charge in [-0.05, 0) is 12.1 Å². The maximum absolute atomic E-state index is 5.49. The first-order chi connectivity index (χ1) is 5.81. The molecule has 0 aliphatic carbocycles. The zero-order valence-electron chi connectivity index (χ0n) is 6.32. The predicted octanol–water partition coefficient (Wildman–Crippen LogP) is 2.04. The summed E-state index contributed by atoms with van der Waals surface area (Å²) in [7, 11) is 0. The lowest BCUT2D eigenvalue weighted by molar-refractivity contribution is 1.05. The maximum atomic E-state index is 5.49. The minimum Gasteiger partial charge on any atom is -0.325 e. The second-order valence-corrected chi connectivity index (χ2v) is 4.03. The van der Waals surface area contributed by atoms with E-state index < -0.39 is 0 Å². The van der Waals surface area contributed by atoms with Gasteiger partial charge in [0.25, 0.3) is 0 Å². The Bertz CT molecular complexity index is 408. The Morgan fingerprint density at radius 3 is 3.00 bits per heavy atom. The van der Waals surface area contributed by atoms with Gasteiger partial charge in [0.05, 0.1) is 10.2 Å².